The highest BCUT2D eigenvalue weighted by atomic mass is 35.5. The van der Waals surface area contributed by atoms with Crippen LogP contribution in [-0.4, -0.2) is 22.1 Å². The van der Waals surface area contributed by atoms with Crippen molar-refractivity contribution >= 4 is 23.3 Å². The summed E-state index contributed by atoms with van der Waals surface area (Å²) in [7, 11) is 0. The molecule has 25 heavy (non-hydrogen) atoms. The Morgan fingerprint density at radius 2 is 1.84 bits per heavy atom. The normalized spacial score (nSPS) is 10.4. The number of benzene rings is 2. The van der Waals surface area contributed by atoms with Crippen LogP contribution in [0.1, 0.15) is 6.42 Å². The lowest BCUT2D eigenvalue weighted by Gasteiger charge is -2.10. The first-order valence-electron chi connectivity index (χ1n) is 8.09. The fourth-order valence-electron chi connectivity index (χ4n) is 2.50. The number of nitrogens with zero attached hydrogens (tertiary/aromatic N) is 2. The van der Waals surface area contributed by atoms with Gasteiger partial charge in [-0.2, -0.15) is 0 Å². The molecule has 3 rings (SSSR count). The van der Waals surface area contributed by atoms with Gasteiger partial charge in [-0.25, -0.2) is 9.78 Å². The Kier molecular flexibility index (Phi) is 5.69. The highest BCUT2D eigenvalue weighted by molar-refractivity contribution is 6.30. The number of urea groups is 1. The molecule has 2 N–H and O–H groups in total. The van der Waals surface area contributed by atoms with E-state index in [1.54, 1.807) is 30.5 Å². The van der Waals surface area contributed by atoms with Crippen LogP contribution in [0.5, 0.6) is 0 Å². The maximum atomic E-state index is 11.9. The molecule has 0 aliphatic heterocycles. The predicted molar refractivity (Wildman–Crippen MR) is 101 cm³/mol. The molecule has 6 heteroatoms. The summed E-state index contributed by atoms with van der Waals surface area (Å²) in [4.78, 5) is 16.3. The quantitative estimate of drug-likeness (QED) is 0.644. The number of carbonyl (C=O) groups is 1. The van der Waals surface area contributed by atoms with Gasteiger partial charge in [-0.1, -0.05) is 41.9 Å². The molecule has 0 radical (unpaired) electrons. The van der Waals surface area contributed by atoms with Crippen molar-refractivity contribution in [3.8, 4) is 11.4 Å². The summed E-state index contributed by atoms with van der Waals surface area (Å²) in [6.45, 7) is 1.36. The number of halogens is 1. The second kappa shape index (κ2) is 8.35. The maximum Gasteiger partial charge on any atom is 0.319 e. The average Bonchev–Trinajstić information content (AvgIpc) is 3.10. The van der Waals surface area contributed by atoms with Gasteiger partial charge in [0.2, 0.25) is 0 Å². The van der Waals surface area contributed by atoms with Gasteiger partial charge in [0.25, 0.3) is 0 Å². The Hall–Kier alpha value is -2.79. The molecule has 0 unspecified atom stereocenters. The minimum Gasteiger partial charge on any atom is -0.338 e. The van der Waals surface area contributed by atoms with Gasteiger partial charge in [0.1, 0.15) is 5.82 Å². The zero-order valence-corrected chi connectivity index (χ0v) is 14.4. The molecule has 0 spiro atoms. The van der Waals surface area contributed by atoms with E-state index in [1.165, 1.54) is 0 Å². The number of amides is 2. The molecule has 0 saturated carbocycles. The third kappa shape index (κ3) is 4.84. The van der Waals surface area contributed by atoms with Crippen molar-refractivity contribution in [1.82, 2.24) is 14.9 Å². The number of imidazole rings is 1. The van der Waals surface area contributed by atoms with Gasteiger partial charge < -0.3 is 15.2 Å². The largest absolute Gasteiger partial charge is 0.338 e. The van der Waals surface area contributed by atoms with Crippen molar-refractivity contribution < 1.29 is 4.79 Å². The number of nitrogens with one attached hydrogen (secondary N) is 2. The molecule has 0 saturated heterocycles. The molecule has 1 aromatic heterocycles. The van der Waals surface area contributed by atoms with E-state index in [0.29, 0.717) is 17.3 Å². The molecular weight excluding hydrogens is 336 g/mol. The lowest BCUT2D eigenvalue weighted by molar-refractivity contribution is 0.252. The van der Waals surface area contributed by atoms with Gasteiger partial charge in [-0.15, -0.1) is 0 Å². The molecular formula is C19H19ClN4O. The fraction of sp³-hybridized carbons (Fsp3) is 0.158. The van der Waals surface area contributed by atoms with Gasteiger partial charge in [-0.3, -0.25) is 0 Å². The zero-order chi connectivity index (χ0) is 17.5. The van der Waals surface area contributed by atoms with Gasteiger partial charge in [0, 0.05) is 41.8 Å². The van der Waals surface area contributed by atoms with E-state index in [2.05, 4.69) is 20.2 Å². The summed E-state index contributed by atoms with van der Waals surface area (Å²) in [6, 6.07) is 16.8. The summed E-state index contributed by atoms with van der Waals surface area (Å²) >= 11 is 5.82. The highest BCUT2D eigenvalue weighted by Crippen LogP contribution is 2.17. The van der Waals surface area contributed by atoms with Crippen LogP contribution in [0.25, 0.3) is 11.4 Å². The van der Waals surface area contributed by atoms with Crippen LogP contribution in [0.3, 0.4) is 0 Å². The molecule has 0 bridgehead atoms. The van der Waals surface area contributed by atoms with Crippen molar-refractivity contribution in [1.29, 1.82) is 0 Å². The van der Waals surface area contributed by atoms with E-state index in [0.717, 1.165) is 24.4 Å². The van der Waals surface area contributed by atoms with Crippen LogP contribution in [0, 0.1) is 0 Å². The molecule has 128 valence electrons. The number of hydrogen-bond acceptors (Lipinski definition) is 2. The average molecular weight is 355 g/mol. The minimum atomic E-state index is -0.226. The van der Waals surface area contributed by atoms with Crippen molar-refractivity contribution in [2.45, 2.75) is 13.0 Å². The molecule has 2 aromatic carbocycles. The summed E-state index contributed by atoms with van der Waals surface area (Å²) in [5, 5.41) is 6.26. The number of hydrogen-bond donors (Lipinski definition) is 2. The zero-order valence-electron chi connectivity index (χ0n) is 13.7. The standard InChI is InChI=1S/C19H19ClN4O/c20-16-7-9-17(10-8-16)23-19(25)22-11-4-13-24-14-12-21-18(24)15-5-2-1-3-6-15/h1-3,5-10,12,14H,4,11,13H2,(H2,22,23,25). The van der Waals surface area contributed by atoms with Crippen LogP contribution in [-0.2, 0) is 6.54 Å². The minimum absolute atomic E-state index is 0.226. The van der Waals surface area contributed by atoms with Crippen LogP contribution < -0.4 is 10.6 Å². The van der Waals surface area contributed by atoms with Crippen LogP contribution in [0.2, 0.25) is 5.02 Å². The summed E-state index contributed by atoms with van der Waals surface area (Å²) in [5.74, 6) is 0.936. The van der Waals surface area contributed by atoms with E-state index >= 15 is 0 Å². The van der Waals surface area contributed by atoms with Crippen LogP contribution in [0.4, 0.5) is 10.5 Å². The molecule has 0 atom stereocenters. The Morgan fingerprint density at radius 3 is 2.60 bits per heavy atom. The molecule has 5 nitrogen and oxygen atoms in total. The Balaban J connectivity index is 1.45. The Bertz CT molecular complexity index is 815. The summed E-state index contributed by atoms with van der Waals surface area (Å²) < 4.78 is 2.09. The lowest BCUT2D eigenvalue weighted by atomic mass is 10.2. The number of anilines is 1. The van der Waals surface area contributed by atoms with Crippen LogP contribution in [0.15, 0.2) is 67.0 Å². The topological polar surface area (TPSA) is 59.0 Å². The maximum absolute atomic E-state index is 11.9. The van der Waals surface area contributed by atoms with Gasteiger partial charge in [0.05, 0.1) is 0 Å². The number of aryl methyl sites for hydroxylation is 1. The van der Waals surface area contributed by atoms with Crippen molar-refractivity contribution in [2.75, 3.05) is 11.9 Å². The third-order valence-corrected chi connectivity index (χ3v) is 3.96. The molecule has 3 aromatic rings. The Labute approximate surface area is 151 Å². The first-order chi connectivity index (χ1) is 12.2. The molecule has 0 fully saturated rings. The van der Waals surface area contributed by atoms with E-state index in [1.807, 2.05) is 36.5 Å². The SMILES string of the molecule is O=C(NCCCn1ccnc1-c1ccccc1)Nc1ccc(Cl)cc1. The van der Waals surface area contributed by atoms with E-state index < -0.39 is 0 Å². The summed E-state index contributed by atoms with van der Waals surface area (Å²) in [6.07, 6.45) is 4.56. The first-order valence-corrected chi connectivity index (χ1v) is 8.47. The van der Waals surface area contributed by atoms with E-state index in [-0.39, 0.29) is 6.03 Å². The van der Waals surface area contributed by atoms with E-state index in [9.17, 15) is 4.79 Å². The smallest absolute Gasteiger partial charge is 0.319 e. The van der Waals surface area contributed by atoms with Crippen molar-refractivity contribution in [3.63, 3.8) is 0 Å². The summed E-state index contributed by atoms with van der Waals surface area (Å²) in [5.41, 5.74) is 1.80. The highest BCUT2D eigenvalue weighted by Gasteiger charge is 2.05. The second-order valence-electron chi connectivity index (χ2n) is 5.55. The predicted octanol–water partition coefficient (Wildman–Crippen LogP) is 4.42. The number of aromatic nitrogens is 2. The van der Waals surface area contributed by atoms with Crippen molar-refractivity contribution in [3.05, 3.63) is 72.0 Å². The number of carbonyl (C=O) groups excluding carboxylic acids is 1. The molecule has 1 heterocycles. The van der Waals surface area contributed by atoms with E-state index in [4.69, 9.17) is 11.6 Å². The van der Waals surface area contributed by atoms with Crippen molar-refractivity contribution in [2.24, 2.45) is 0 Å². The molecule has 2 amide bonds. The second-order valence-corrected chi connectivity index (χ2v) is 5.99. The Morgan fingerprint density at radius 1 is 1.08 bits per heavy atom. The lowest BCUT2D eigenvalue weighted by Crippen LogP contribution is -2.30. The van der Waals surface area contributed by atoms with Gasteiger partial charge >= 0.3 is 6.03 Å². The number of rotatable bonds is 6. The van der Waals surface area contributed by atoms with Gasteiger partial charge in [0.15, 0.2) is 0 Å². The third-order valence-electron chi connectivity index (χ3n) is 3.71. The molecule has 0 aliphatic carbocycles. The first kappa shape index (κ1) is 17.0. The van der Waals surface area contributed by atoms with Gasteiger partial charge in [-0.05, 0) is 30.7 Å². The van der Waals surface area contributed by atoms with Crippen LogP contribution >= 0.6 is 11.6 Å². The fourth-order valence-corrected chi connectivity index (χ4v) is 2.62. The monoisotopic (exact) mass is 354 g/mol. The molecule has 0 aliphatic rings.